The first kappa shape index (κ1) is 12.2. The Kier molecular flexibility index (Phi) is 2.69. The molecule has 1 aromatic rings. The summed E-state index contributed by atoms with van der Waals surface area (Å²) in [6.07, 6.45) is 7.82. The molecule has 5 rings (SSSR count). The zero-order valence-corrected chi connectivity index (χ0v) is 11.8. The third kappa shape index (κ3) is 1.69. The number of aromatic nitrogens is 1. The van der Waals surface area contributed by atoms with Crippen molar-refractivity contribution in [1.29, 1.82) is 0 Å². The van der Waals surface area contributed by atoms with E-state index in [2.05, 4.69) is 4.98 Å². The zero-order chi connectivity index (χ0) is 13.0. The summed E-state index contributed by atoms with van der Waals surface area (Å²) in [5.41, 5.74) is 0.0997. The molecule has 4 fully saturated rings. The molecule has 1 N–H and O–H groups in total. The first-order valence-electron chi connectivity index (χ1n) is 7.45. The normalized spacial score (nSPS) is 45.4. The number of hydrogen-bond acceptors (Lipinski definition) is 2. The molecule has 2 nitrogen and oxygen atoms in total. The molecule has 0 spiro atoms. The fourth-order valence-electron chi connectivity index (χ4n) is 5.12. The van der Waals surface area contributed by atoms with E-state index in [0.717, 1.165) is 17.5 Å². The molecule has 3 heteroatoms. The van der Waals surface area contributed by atoms with Crippen molar-refractivity contribution in [1.82, 2.24) is 4.98 Å². The van der Waals surface area contributed by atoms with Gasteiger partial charge < -0.3 is 5.11 Å². The lowest BCUT2D eigenvalue weighted by Gasteiger charge is -2.60. The molecule has 1 heterocycles. The molecule has 4 aliphatic carbocycles. The average molecular weight is 278 g/mol. The van der Waals surface area contributed by atoms with Crippen molar-refractivity contribution in [2.75, 3.05) is 0 Å². The van der Waals surface area contributed by atoms with Crippen LogP contribution in [0, 0.1) is 23.7 Å². The number of rotatable bonds is 2. The molecule has 0 aliphatic heterocycles. The molecule has 1 aromatic heterocycles. The Hall–Kier alpha value is -0.600. The van der Waals surface area contributed by atoms with E-state index in [1.165, 1.54) is 32.1 Å². The minimum atomic E-state index is -0.733. The van der Waals surface area contributed by atoms with Crippen molar-refractivity contribution in [3.05, 3.63) is 30.1 Å². The number of aliphatic hydroxyl groups is 1. The monoisotopic (exact) mass is 277 g/mol. The first-order valence-corrected chi connectivity index (χ1v) is 7.89. The Morgan fingerprint density at radius 2 is 1.74 bits per heavy atom. The predicted molar refractivity (Wildman–Crippen MR) is 74.8 cm³/mol. The molecule has 4 bridgehead atoms. The van der Waals surface area contributed by atoms with Crippen LogP contribution in [0.5, 0.6) is 0 Å². The van der Waals surface area contributed by atoms with E-state index >= 15 is 0 Å². The van der Waals surface area contributed by atoms with Gasteiger partial charge in [-0.05, 0) is 67.9 Å². The summed E-state index contributed by atoms with van der Waals surface area (Å²) >= 11 is 6.68. The molecule has 0 radical (unpaired) electrons. The van der Waals surface area contributed by atoms with Gasteiger partial charge >= 0.3 is 0 Å². The van der Waals surface area contributed by atoms with E-state index in [1.54, 1.807) is 6.20 Å². The summed E-state index contributed by atoms with van der Waals surface area (Å²) < 4.78 is 0. The second-order valence-corrected chi connectivity index (χ2v) is 7.25. The fraction of sp³-hybridized carbons (Fsp3) is 0.688. The van der Waals surface area contributed by atoms with Gasteiger partial charge in [0.05, 0.1) is 11.3 Å². The lowest BCUT2D eigenvalue weighted by atomic mass is 9.49. The molecule has 1 unspecified atom stereocenters. The molecular weight excluding hydrogens is 258 g/mol. The third-order valence-electron chi connectivity index (χ3n) is 5.80. The molecular formula is C16H20ClNO. The van der Waals surface area contributed by atoms with Crippen molar-refractivity contribution >= 4 is 11.6 Å². The van der Waals surface area contributed by atoms with Gasteiger partial charge in [0, 0.05) is 6.20 Å². The van der Waals surface area contributed by atoms with Gasteiger partial charge in [-0.1, -0.05) is 6.07 Å². The van der Waals surface area contributed by atoms with Crippen LogP contribution in [-0.4, -0.2) is 15.7 Å². The van der Waals surface area contributed by atoms with Crippen LogP contribution in [0.15, 0.2) is 24.4 Å². The van der Waals surface area contributed by atoms with Crippen molar-refractivity contribution in [3.63, 3.8) is 0 Å². The number of hydrogen-bond donors (Lipinski definition) is 1. The van der Waals surface area contributed by atoms with Crippen molar-refractivity contribution in [2.45, 2.75) is 43.1 Å². The Morgan fingerprint density at radius 3 is 2.26 bits per heavy atom. The highest BCUT2D eigenvalue weighted by Gasteiger charge is 2.59. The standard InChI is InChI=1S/C16H20ClNO/c17-15(14-3-1-2-4-18-14)16(19)12-6-10-5-11(8-12)9-13(16)7-10/h1-4,10-13,15,19H,5-9H2. The van der Waals surface area contributed by atoms with Gasteiger partial charge in [-0.25, -0.2) is 0 Å². The van der Waals surface area contributed by atoms with Gasteiger partial charge in [-0.2, -0.15) is 0 Å². The van der Waals surface area contributed by atoms with Crippen LogP contribution in [0.2, 0.25) is 0 Å². The average Bonchev–Trinajstić information content (AvgIpc) is 2.44. The van der Waals surface area contributed by atoms with Gasteiger partial charge in [0.1, 0.15) is 5.38 Å². The van der Waals surface area contributed by atoms with Crippen LogP contribution in [-0.2, 0) is 0 Å². The zero-order valence-electron chi connectivity index (χ0n) is 11.0. The largest absolute Gasteiger partial charge is 0.387 e. The van der Waals surface area contributed by atoms with E-state index in [4.69, 9.17) is 11.6 Å². The topological polar surface area (TPSA) is 33.1 Å². The fourth-order valence-corrected chi connectivity index (χ4v) is 5.60. The summed E-state index contributed by atoms with van der Waals surface area (Å²) in [5, 5.41) is 11.0. The van der Waals surface area contributed by atoms with Crippen molar-refractivity contribution < 1.29 is 5.11 Å². The van der Waals surface area contributed by atoms with Gasteiger partial charge in [-0.3, -0.25) is 4.98 Å². The van der Waals surface area contributed by atoms with E-state index in [1.807, 2.05) is 18.2 Å². The SMILES string of the molecule is OC1(C(Cl)c2ccccn2)C2CC3CC(C2)CC1C3. The Labute approximate surface area is 119 Å². The van der Waals surface area contributed by atoms with Crippen LogP contribution in [0.25, 0.3) is 0 Å². The van der Waals surface area contributed by atoms with E-state index < -0.39 is 5.60 Å². The number of halogens is 1. The maximum Gasteiger partial charge on any atom is 0.105 e. The highest BCUT2D eigenvalue weighted by atomic mass is 35.5. The van der Waals surface area contributed by atoms with Crippen LogP contribution in [0.1, 0.15) is 43.2 Å². The number of pyridine rings is 1. The second-order valence-electron chi connectivity index (χ2n) is 6.81. The first-order chi connectivity index (χ1) is 9.18. The van der Waals surface area contributed by atoms with E-state index in [9.17, 15) is 5.11 Å². The number of nitrogens with zero attached hydrogens (tertiary/aromatic N) is 1. The molecule has 0 amide bonds. The van der Waals surface area contributed by atoms with E-state index in [-0.39, 0.29) is 5.38 Å². The van der Waals surface area contributed by atoms with Crippen molar-refractivity contribution in [3.8, 4) is 0 Å². The maximum absolute atomic E-state index is 11.3. The van der Waals surface area contributed by atoms with Crippen LogP contribution in [0.3, 0.4) is 0 Å². The number of alkyl halides is 1. The van der Waals surface area contributed by atoms with Crippen LogP contribution in [0.4, 0.5) is 0 Å². The maximum atomic E-state index is 11.3. The smallest absolute Gasteiger partial charge is 0.105 e. The summed E-state index contributed by atoms with van der Waals surface area (Å²) in [7, 11) is 0. The quantitative estimate of drug-likeness (QED) is 0.839. The van der Waals surface area contributed by atoms with Gasteiger partial charge in [0.25, 0.3) is 0 Å². The summed E-state index contributed by atoms with van der Waals surface area (Å²) in [4.78, 5) is 4.36. The Morgan fingerprint density at radius 1 is 1.11 bits per heavy atom. The molecule has 19 heavy (non-hydrogen) atoms. The van der Waals surface area contributed by atoms with Crippen molar-refractivity contribution in [2.24, 2.45) is 23.7 Å². The molecule has 0 aromatic carbocycles. The molecule has 4 saturated carbocycles. The van der Waals surface area contributed by atoms with Gasteiger partial charge in [0.15, 0.2) is 0 Å². The third-order valence-corrected chi connectivity index (χ3v) is 6.37. The lowest BCUT2D eigenvalue weighted by Crippen LogP contribution is -2.59. The molecule has 1 atom stereocenters. The highest BCUT2D eigenvalue weighted by molar-refractivity contribution is 6.21. The van der Waals surface area contributed by atoms with Crippen LogP contribution < -0.4 is 0 Å². The van der Waals surface area contributed by atoms with Gasteiger partial charge in [-0.15, -0.1) is 11.6 Å². The molecule has 0 saturated heterocycles. The minimum absolute atomic E-state index is 0.358. The molecule has 102 valence electrons. The summed E-state index contributed by atoms with van der Waals surface area (Å²) in [6.45, 7) is 0. The lowest BCUT2D eigenvalue weighted by molar-refractivity contribution is -0.175. The second kappa shape index (κ2) is 4.20. The Bertz CT molecular complexity index is 447. The Balaban J connectivity index is 1.69. The summed E-state index contributed by atoms with van der Waals surface area (Å²) in [6, 6.07) is 5.80. The highest BCUT2D eigenvalue weighted by Crippen LogP contribution is 2.62. The minimum Gasteiger partial charge on any atom is -0.387 e. The van der Waals surface area contributed by atoms with E-state index in [0.29, 0.717) is 11.8 Å². The van der Waals surface area contributed by atoms with Crippen LogP contribution >= 0.6 is 11.6 Å². The molecule has 4 aliphatic rings. The summed E-state index contributed by atoms with van der Waals surface area (Å²) in [5.74, 6) is 2.45. The van der Waals surface area contributed by atoms with Gasteiger partial charge in [0.2, 0.25) is 0 Å². The predicted octanol–water partition coefficient (Wildman–Crippen LogP) is 3.55.